The van der Waals surface area contributed by atoms with Gasteiger partial charge in [0.05, 0.1) is 18.8 Å². The highest BCUT2D eigenvalue weighted by molar-refractivity contribution is 5.28. The molecule has 0 saturated carbocycles. The van der Waals surface area contributed by atoms with Crippen LogP contribution in [-0.2, 0) is 16.7 Å². The summed E-state index contributed by atoms with van der Waals surface area (Å²) in [5, 5.41) is 13.0. The molecular formula is C16H27NO2. The summed E-state index contributed by atoms with van der Waals surface area (Å²) in [6.07, 6.45) is 1.09. The van der Waals surface area contributed by atoms with Crippen molar-refractivity contribution in [3.05, 3.63) is 35.4 Å². The lowest BCUT2D eigenvalue weighted by Gasteiger charge is -2.29. The predicted octanol–water partition coefficient (Wildman–Crippen LogP) is 2.33. The molecule has 0 spiro atoms. The van der Waals surface area contributed by atoms with Crippen LogP contribution in [0.15, 0.2) is 24.3 Å². The molecule has 1 aromatic rings. The topological polar surface area (TPSA) is 41.5 Å². The quantitative estimate of drug-likeness (QED) is 0.709. The lowest BCUT2D eigenvalue weighted by Crippen LogP contribution is -2.44. The molecule has 0 aliphatic heterocycles. The maximum atomic E-state index is 9.65. The lowest BCUT2D eigenvalue weighted by molar-refractivity contribution is 0.148. The van der Waals surface area contributed by atoms with Crippen molar-refractivity contribution in [2.24, 2.45) is 5.92 Å². The molecule has 0 aromatic heterocycles. The van der Waals surface area contributed by atoms with E-state index in [0.717, 1.165) is 18.5 Å². The van der Waals surface area contributed by atoms with Crippen LogP contribution in [0.4, 0.5) is 0 Å². The van der Waals surface area contributed by atoms with Gasteiger partial charge in [-0.05, 0) is 30.4 Å². The fraction of sp³-hybridized carbons (Fsp3) is 0.625. The van der Waals surface area contributed by atoms with Crippen molar-refractivity contribution in [1.82, 2.24) is 5.32 Å². The van der Waals surface area contributed by atoms with Gasteiger partial charge in [-0.15, -0.1) is 0 Å². The molecule has 1 rings (SSSR count). The number of rotatable bonds is 8. The SMILES string of the molecule is COCCNC(C)(CO)c1ccc(CC(C)C)cc1. The normalized spacial score (nSPS) is 14.6. The largest absolute Gasteiger partial charge is 0.394 e. The maximum absolute atomic E-state index is 9.65. The van der Waals surface area contributed by atoms with Crippen molar-refractivity contribution in [3.8, 4) is 0 Å². The van der Waals surface area contributed by atoms with Crippen LogP contribution < -0.4 is 5.32 Å². The van der Waals surface area contributed by atoms with Crippen LogP contribution in [0.2, 0.25) is 0 Å². The van der Waals surface area contributed by atoms with Gasteiger partial charge in [0.2, 0.25) is 0 Å². The van der Waals surface area contributed by atoms with E-state index in [9.17, 15) is 5.11 Å². The summed E-state index contributed by atoms with van der Waals surface area (Å²) in [7, 11) is 1.68. The first-order valence-electron chi connectivity index (χ1n) is 6.96. The Labute approximate surface area is 117 Å². The number of methoxy groups -OCH3 is 1. The summed E-state index contributed by atoms with van der Waals surface area (Å²) < 4.78 is 5.04. The number of hydrogen-bond donors (Lipinski definition) is 2. The van der Waals surface area contributed by atoms with Gasteiger partial charge in [-0.25, -0.2) is 0 Å². The fourth-order valence-corrected chi connectivity index (χ4v) is 2.16. The zero-order chi connectivity index (χ0) is 14.3. The van der Waals surface area contributed by atoms with E-state index in [0.29, 0.717) is 12.5 Å². The molecule has 3 heteroatoms. The molecule has 0 aliphatic carbocycles. The highest BCUT2D eigenvalue weighted by atomic mass is 16.5. The molecule has 0 amide bonds. The summed E-state index contributed by atoms with van der Waals surface area (Å²) in [5.74, 6) is 0.662. The van der Waals surface area contributed by atoms with E-state index in [2.05, 4.69) is 43.4 Å². The van der Waals surface area contributed by atoms with E-state index in [4.69, 9.17) is 4.74 Å². The summed E-state index contributed by atoms with van der Waals surface area (Å²) in [6.45, 7) is 7.89. The second-order valence-electron chi connectivity index (χ2n) is 5.70. The molecule has 19 heavy (non-hydrogen) atoms. The smallest absolute Gasteiger partial charge is 0.0652 e. The second kappa shape index (κ2) is 7.63. The van der Waals surface area contributed by atoms with Gasteiger partial charge in [-0.3, -0.25) is 0 Å². The molecular weight excluding hydrogens is 238 g/mol. The highest BCUT2D eigenvalue weighted by Crippen LogP contribution is 2.21. The van der Waals surface area contributed by atoms with Gasteiger partial charge < -0.3 is 15.2 Å². The third kappa shape index (κ3) is 4.94. The van der Waals surface area contributed by atoms with E-state index < -0.39 is 5.54 Å². The minimum Gasteiger partial charge on any atom is -0.394 e. The Morgan fingerprint density at radius 1 is 1.26 bits per heavy atom. The van der Waals surface area contributed by atoms with Crippen molar-refractivity contribution in [2.45, 2.75) is 32.7 Å². The van der Waals surface area contributed by atoms with E-state index in [1.54, 1.807) is 7.11 Å². The summed E-state index contributed by atoms with van der Waals surface area (Å²) >= 11 is 0. The molecule has 1 aromatic carbocycles. The standard InChI is InChI=1S/C16H27NO2/c1-13(2)11-14-5-7-15(8-6-14)16(3,12-18)17-9-10-19-4/h5-8,13,17-18H,9-12H2,1-4H3. The van der Waals surface area contributed by atoms with Crippen molar-refractivity contribution < 1.29 is 9.84 Å². The van der Waals surface area contributed by atoms with Crippen LogP contribution in [0.1, 0.15) is 31.9 Å². The Balaban J connectivity index is 2.74. The van der Waals surface area contributed by atoms with Crippen LogP contribution in [-0.4, -0.2) is 32.0 Å². The molecule has 108 valence electrons. The number of nitrogens with one attached hydrogen (secondary N) is 1. The third-order valence-corrected chi connectivity index (χ3v) is 3.37. The monoisotopic (exact) mass is 265 g/mol. The summed E-state index contributed by atoms with van der Waals surface area (Å²) in [6, 6.07) is 8.52. The molecule has 1 unspecified atom stereocenters. The Hall–Kier alpha value is -0.900. The Kier molecular flexibility index (Phi) is 6.49. The first-order valence-corrected chi connectivity index (χ1v) is 6.96. The molecule has 1 atom stereocenters. The predicted molar refractivity (Wildman–Crippen MR) is 79.3 cm³/mol. The van der Waals surface area contributed by atoms with Crippen LogP contribution >= 0.6 is 0 Å². The average Bonchev–Trinajstić information content (AvgIpc) is 2.39. The van der Waals surface area contributed by atoms with Crippen molar-refractivity contribution >= 4 is 0 Å². The molecule has 0 saturated heterocycles. The van der Waals surface area contributed by atoms with Crippen LogP contribution in [0, 0.1) is 5.92 Å². The zero-order valence-corrected chi connectivity index (χ0v) is 12.6. The fourth-order valence-electron chi connectivity index (χ4n) is 2.16. The molecule has 2 N–H and O–H groups in total. The van der Waals surface area contributed by atoms with Crippen molar-refractivity contribution in [1.29, 1.82) is 0 Å². The van der Waals surface area contributed by atoms with Gasteiger partial charge >= 0.3 is 0 Å². The Morgan fingerprint density at radius 2 is 1.89 bits per heavy atom. The molecule has 0 heterocycles. The number of hydrogen-bond acceptors (Lipinski definition) is 3. The van der Waals surface area contributed by atoms with Crippen molar-refractivity contribution in [3.63, 3.8) is 0 Å². The van der Waals surface area contributed by atoms with E-state index in [1.165, 1.54) is 5.56 Å². The van der Waals surface area contributed by atoms with Gasteiger partial charge in [0, 0.05) is 13.7 Å². The average molecular weight is 265 g/mol. The minimum atomic E-state index is -0.408. The van der Waals surface area contributed by atoms with Crippen LogP contribution in [0.25, 0.3) is 0 Å². The number of aliphatic hydroxyl groups excluding tert-OH is 1. The van der Waals surface area contributed by atoms with Crippen LogP contribution in [0.3, 0.4) is 0 Å². The first-order chi connectivity index (χ1) is 9.01. The molecule has 0 aliphatic rings. The molecule has 0 radical (unpaired) electrons. The van der Waals surface area contributed by atoms with Gasteiger partial charge in [-0.1, -0.05) is 38.1 Å². The molecule has 0 bridgehead atoms. The lowest BCUT2D eigenvalue weighted by atomic mass is 9.91. The molecule has 3 nitrogen and oxygen atoms in total. The third-order valence-electron chi connectivity index (χ3n) is 3.37. The van der Waals surface area contributed by atoms with Gasteiger partial charge in [0.25, 0.3) is 0 Å². The van der Waals surface area contributed by atoms with Gasteiger partial charge in [0.1, 0.15) is 0 Å². The minimum absolute atomic E-state index is 0.0697. The van der Waals surface area contributed by atoms with E-state index in [-0.39, 0.29) is 6.61 Å². The first kappa shape index (κ1) is 16.2. The van der Waals surface area contributed by atoms with Crippen LogP contribution in [0.5, 0.6) is 0 Å². The van der Waals surface area contributed by atoms with E-state index in [1.807, 2.05) is 6.92 Å². The highest BCUT2D eigenvalue weighted by Gasteiger charge is 2.24. The van der Waals surface area contributed by atoms with Gasteiger partial charge in [0.15, 0.2) is 0 Å². The second-order valence-corrected chi connectivity index (χ2v) is 5.70. The number of aliphatic hydroxyl groups is 1. The number of ether oxygens (including phenoxy) is 1. The van der Waals surface area contributed by atoms with E-state index >= 15 is 0 Å². The maximum Gasteiger partial charge on any atom is 0.0652 e. The zero-order valence-electron chi connectivity index (χ0n) is 12.6. The molecule has 0 fully saturated rings. The number of benzene rings is 1. The Bertz CT molecular complexity index is 362. The van der Waals surface area contributed by atoms with Gasteiger partial charge in [-0.2, -0.15) is 0 Å². The summed E-state index contributed by atoms with van der Waals surface area (Å²) in [5.41, 5.74) is 2.05. The Morgan fingerprint density at radius 3 is 2.37 bits per heavy atom. The summed E-state index contributed by atoms with van der Waals surface area (Å²) in [4.78, 5) is 0. The van der Waals surface area contributed by atoms with Crippen molar-refractivity contribution in [2.75, 3.05) is 26.9 Å².